The molecule has 2 saturated carbocycles. The number of carbonyl (C=O) groups is 2. The van der Waals surface area contributed by atoms with E-state index in [1.54, 1.807) is 7.11 Å². The van der Waals surface area contributed by atoms with Gasteiger partial charge in [0.15, 0.2) is 0 Å². The summed E-state index contributed by atoms with van der Waals surface area (Å²) in [5.41, 5.74) is 1.06. The summed E-state index contributed by atoms with van der Waals surface area (Å²) < 4.78 is 5.47. The fourth-order valence-electron chi connectivity index (χ4n) is 3.72. The molecule has 0 aromatic heterocycles. The number of nitrogens with one attached hydrogen (secondary N) is 1. The molecular formula is C18H23NO4. The molecule has 3 rings (SSSR count). The van der Waals surface area contributed by atoms with Gasteiger partial charge in [-0.3, -0.25) is 9.59 Å². The van der Waals surface area contributed by atoms with Crippen LogP contribution in [0.4, 0.5) is 0 Å². The van der Waals surface area contributed by atoms with Crippen LogP contribution in [0.1, 0.15) is 37.7 Å². The topological polar surface area (TPSA) is 75.6 Å². The van der Waals surface area contributed by atoms with Crippen molar-refractivity contribution in [3.8, 4) is 5.75 Å². The molecule has 124 valence electrons. The lowest BCUT2D eigenvalue weighted by atomic mass is 9.64. The molecule has 0 bridgehead atoms. The van der Waals surface area contributed by atoms with E-state index in [2.05, 4.69) is 11.4 Å². The normalized spacial score (nSPS) is 24.9. The van der Waals surface area contributed by atoms with Gasteiger partial charge >= 0.3 is 5.97 Å². The van der Waals surface area contributed by atoms with Gasteiger partial charge in [0.05, 0.1) is 18.9 Å². The van der Waals surface area contributed by atoms with Crippen LogP contribution >= 0.6 is 0 Å². The van der Waals surface area contributed by atoms with Gasteiger partial charge in [-0.1, -0.05) is 24.6 Å². The third-order valence-corrected chi connectivity index (χ3v) is 5.52. The number of hydrogen-bond donors (Lipinski definition) is 2. The maximum Gasteiger partial charge on any atom is 0.307 e. The monoisotopic (exact) mass is 317 g/mol. The average Bonchev–Trinajstić information content (AvgIpc) is 2.44. The van der Waals surface area contributed by atoms with E-state index >= 15 is 0 Å². The maximum absolute atomic E-state index is 12.3. The lowest BCUT2D eigenvalue weighted by Crippen LogP contribution is -2.50. The van der Waals surface area contributed by atoms with Gasteiger partial charge in [-0.05, 0) is 31.7 Å². The Bertz CT molecular complexity index is 609. The molecule has 0 spiro atoms. The third-order valence-electron chi connectivity index (χ3n) is 5.52. The molecule has 5 nitrogen and oxygen atoms in total. The minimum absolute atomic E-state index is 0.0786. The van der Waals surface area contributed by atoms with Gasteiger partial charge < -0.3 is 15.2 Å². The zero-order valence-corrected chi connectivity index (χ0v) is 13.4. The second kappa shape index (κ2) is 6.22. The summed E-state index contributed by atoms with van der Waals surface area (Å²) in [7, 11) is 1.66. The number of ether oxygens (including phenoxy) is 1. The van der Waals surface area contributed by atoms with Crippen molar-refractivity contribution in [2.75, 3.05) is 13.7 Å². The second-order valence-electron chi connectivity index (χ2n) is 6.68. The van der Waals surface area contributed by atoms with E-state index in [1.165, 1.54) is 0 Å². The number of rotatable bonds is 6. The number of amides is 1. The van der Waals surface area contributed by atoms with Gasteiger partial charge in [0.1, 0.15) is 5.75 Å². The maximum atomic E-state index is 12.3. The van der Waals surface area contributed by atoms with Crippen LogP contribution < -0.4 is 10.1 Å². The van der Waals surface area contributed by atoms with Gasteiger partial charge in [-0.25, -0.2) is 0 Å². The molecule has 2 fully saturated rings. The number of hydrogen-bond acceptors (Lipinski definition) is 3. The number of carbonyl (C=O) groups excluding carboxylic acids is 1. The summed E-state index contributed by atoms with van der Waals surface area (Å²) in [6, 6.07) is 7.95. The molecule has 2 unspecified atom stereocenters. The summed E-state index contributed by atoms with van der Waals surface area (Å²) in [4.78, 5) is 23.4. The SMILES string of the molecule is COc1ccccc1C1(CNC(=O)C2CCC2C(=O)O)CCC1. The highest BCUT2D eigenvalue weighted by molar-refractivity contribution is 5.86. The molecule has 2 N–H and O–H groups in total. The van der Waals surface area contributed by atoms with Crippen LogP contribution in [-0.4, -0.2) is 30.6 Å². The lowest BCUT2D eigenvalue weighted by Gasteiger charge is -2.44. The minimum Gasteiger partial charge on any atom is -0.496 e. The van der Waals surface area contributed by atoms with Gasteiger partial charge in [-0.15, -0.1) is 0 Å². The highest BCUT2D eigenvalue weighted by atomic mass is 16.5. The number of benzene rings is 1. The van der Waals surface area contributed by atoms with Crippen LogP contribution in [0.5, 0.6) is 5.75 Å². The van der Waals surface area contributed by atoms with Crippen LogP contribution in [0, 0.1) is 11.8 Å². The van der Waals surface area contributed by atoms with Crippen molar-refractivity contribution < 1.29 is 19.4 Å². The Labute approximate surface area is 136 Å². The Kier molecular flexibility index (Phi) is 4.28. The van der Waals surface area contributed by atoms with E-state index in [1.807, 2.05) is 18.2 Å². The Morgan fingerprint density at radius 3 is 2.48 bits per heavy atom. The zero-order chi connectivity index (χ0) is 16.4. The smallest absolute Gasteiger partial charge is 0.307 e. The highest BCUT2D eigenvalue weighted by Gasteiger charge is 2.44. The molecule has 0 aliphatic heterocycles. The quantitative estimate of drug-likeness (QED) is 0.844. The average molecular weight is 317 g/mol. The van der Waals surface area contributed by atoms with E-state index in [0.29, 0.717) is 19.4 Å². The van der Waals surface area contributed by atoms with E-state index < -0.39 is 11.9 Å². The molecule has 2 aliphatic rings. The molecule has 1 aromatic rings. The first-order valence-electron chi connectivity index (χ1n) is 8.21. The van der Waals surface area contributed by atoms with Crippen molar-refractivity contribution in [1.29, 1.82) is 0 Å². The Hall–Kier alpha value is -2.04. The molecule has 2 atom stereocenters. The fraction of sp³-hybridized carbons (Fsp3) is 0.556. The van der Waals surface area contributed by atoms with Crippen LogP contribution in [0.25, 0.3) is 0 Å². The molecule has 0 heterocycles. The van der Waals surface area contributed by atoms with E-state index in [9.17, 15) is 9.59 Å². The van der Waals surface area contributed by atoms with Crippen LogP contribution in [-0.2, 0) is 15.0 Å². The molecule has 0 radical (unpaired) electrons. The summed E-state index contributed by atoms with van der Waals surface area (Å²) in [5, 5.41) is 12.1. The number of aliphatic carboxylic acids is 1. The van der Waals surface area contributed by atoms with Gasteiger partial charge in [0.2, 0.25) is 5.91 Å². The van der Waals surface area contributed by atoms with Crippen molar-refractivity contribution in [1.82, 2.24) is 5.32 Å². The van der Waals surface area contributed by atoms with Gasteiger partial charge in [0, 0.05) is 17.5 Å². The van der Waals surface area contributed by atoms with Crippen molar-refractivity contribution in [3.05, 3.63) is 29.8 Å². The molecule has 5 heteroatoms. The van der Waals surface area contributed by atoms with Gasteiger partial charge in [0.25, 0.3) is 0 Å². The molecule has 1 amide bonds. The van der Waals surface area contributed by atoms with E-state index in [0.717, 1.165) is 30.6 Å². The minimum atomic E-state index is -0.862. The molecular weight excluding hydrogens is 294 g/mol. The van der Waals surface area contributed by atoms with Crippen molar-refractivity contribution >= 4 is 11.9 Å². The standard InChI is InChI=1S/C18H23NO4/c1-23-15-6-3-2-5-14(15)18(9-4-10-18)11-19-16(20)12-7-8-13(12)17(21)22/h2-3,5-6,12-13H,4,7-11H2,1H3,(H,19,20)(H,21,22). The molecule has 1 aromatic carbocycles. The first kappa shape index (κ1) is 15.8. The van der Waals surface area contributed by atoms with Crippen molar-refractivity contribution in [2.45, 2.75) is 37.5 Å². The number of para-hydroxylation sites is 1. The summed E-state index contributed by atoms with van der Waals surface area (Å²) >= 11 is 0. The first-order valence-corrected chi connectivity index (χ1v) is 8.21. The van der Waals surface area contributed by atoms with Crippen molar-refractivity contribution in [3.63, 3.8) is 0 Å². The number of carboxylic acids is 1. The van der Waals surface area contributed by atoms with Crippen LogP contribution in [0.15, 0.2) is 24.3 Å². The van der Waals surface area contributed by atoms with Crippen LogP contribution in [0.2, 0.25) is 0 Å². The molecule has 0 saturated heterocycles. The molecule has 23 heavy (non-hydrogen) atoms. The summed E-state index contributed by atoms with van der Waals surface area (Å²) in [6.45, 7) is 0.551. The predicted octanol–water partition coefficient (Wildman–Crippen LogP) is 2.34. The Balaban J connectivity index is 1.68. The van der Waals surface area contributed by atoms with Crippen LogP contribution in [0.3, 0.4) is 0 Å². The summed E-state index contributed by atoms with van der Waals surface area (Å²) in [6.07, 6.45) is 4.44. The predicted molar refractivity (Wildman–Crippen MR) is 85.4 cm³/mol. The Morgan fingerprint density at radius 2 is 1.96 bits per heavy atom. The summed E-state index contributed by atoms with van der Waals surface area (Å²) in [5.74, 6) is -1.02. The third kappa shape index (κ3) is 2.80. The number of methoxy groups -OCH3 is 1. The fourth-order valence-corrected chi connectivity index (χ4v) is 3.72. The van der Waals surface area contributed by atoms with Crippen molar-refractivity contribution in [2.24, 2.45) is 11.8 Å². The van der Waals surface area contributed by atoms with Gasteiger partial charge in [-0.2, -0.15) is 0 Å². The number of carboxylic acid groups (broad SMARTS) is 1. The van der Waals surface area contributed by atoms with E-state index in [-0.39, 0.29) is 17.2 Å². The first-order chi connectivity index (χ1) is 11.1. The second-order valence-corrected chi connectivity index (χ2v) is 6.68. The Morgan fingerprint density at radius 1 is 1.26 bits per heavy atom. The zero-order valence-electron chi connectivity index (χ0n) is 13.4. The molecule has 2 aliphatic carbocycles. The largest absolute Gasteiger partial charge is 0.496 e. The highest BCUT2D eigenvalue weighted by Crippen LogP contribution is 2.46. The lowest BCUT2D eigenvalue weighted by molar-refractivity contribution is -0.152. The van der Waals surface area contributed by atoms with E-state index in [4.69, 9.17) is 9.84 Å².